The molecule has 5 heterocycles. The lowest BCUT2D eigenvalue weighted by Crippen LogP contribution is -2.42. The molecule has 0 aliphatic carbocycles. The maximum atomic E-state index is 14.6. The third kappa shape index (κ3) is 6.57. The molecule has 0 spiro atoms. The molecule has 1 fully saturated rings. The van der Waals surface area contributed by atoms with E-state index < -0.39 is 23.3 Å². The van der Waals surface area contributed by atoms with Crippen molar-refractivity contribution >= 4 is 23.2 Å². The minimum atomic E-state index is -0.757. The Labute approximate surface area is 253 Å². The average Bonchev–Trinajstić information content (AvgIpc) is 3.51. The number of carbonyl (C=O) groups excluding carboxylic acids is 1. The molecule has 1 aliphatic rings. The fraction of sp³-hybridized carbons (Fsp3) is 0.483. The van der Waals surface area contributed by atoms with E-state index in [1.54, 1.807) is 40.7 Å². The Balaban J connectivity index is 1.38. The van der Waals surface area contributed by atoms with Crippen LogP contribution in [0, 0.1) is 18.6 Å². The number of pyridine rings is 2. The van der Waals surface area contributed by atoms with Crippen LogP contribution in [0.25, 0.3) is 16.8 Å². The molecule has 1 saturated heterocycles. The van der Waals surface area contributed by atoms with Gasteiger partial charge >= 0.3 is 6.09 Å². The Morgan fingerprint density at radius 3 is 2.56 bits per heavy atom. The maximum Gasteiger partial charge on any atom is 0.410 e. The van der Waals surface area contributed by atoms with Crippen LogP contribution >= 0.6 is 11.6 Å². The monoisotopic (exact) mass is 616 g/mol. The highest BCUT2D eigenvalue weighted by atomic mass is 35.5. The highest BCUT2D eigenvalue weighted by Crippen LogP contribution is 2.35. The highest BCUT2D eigenvalue weighted by molar-refractivity contribution is 6.34. The molecule has 0 N–H and O–H groups in total. The average molecular weight is 617 g/mol. The Morgan fingerprint density at radius 1 is 1.19 bits per heavy atom. The molecule has 4 aromatic heterocycles. The molecule has 0 bridgehead atoms. The number of aromatic nitrogens is 6. The third-order valence-electron chi connectivity index (χ3n) is 7.37. The van der Waals surface area contributed by atoms with Crippen molar-refractivity contribution in [1.29, 1.82) is 0 Å². The highest BCUT2D eigenvalue weighted by Gasteiger charge is 2.30. The Hall–Kier alpha value is -3.84. The van der Waals surface area contributed by atoms with E-state index in [9.17, 15) is 13.6 Å². The van der Waals surface area contributed by atoms with Crippen molar-refractivity contribution in [3.8, 4) is 17.0 Å². The Bertz CT molecular complexity index is 1630. The fourth-order valence-corrected chi connectivity index (χ4v) is 5.40. The van der Waals surface area contributed by atoms with Crippen LogP contribution in [0.1, 0.15) is 57.1 Å². The summed E-state index contributed by atoms with van der Waals surface area (Å²) in [7, 11) is 3.52. The second-order valence-corrected chi connectivity index (χ2v) is 12.3. The first-order chi connectivity index (χ1) is 20.3. The molecule has 0 aromatic carbocycles. The molecule has 0 radical (unpaired) electrons. The number of rotatable bonds is 7. The molecule has 1 unspecified atom stereocenters. The largest absolute Gasteiger partial charge is 0.489 e. The summed E-state index contributed by atoms with van der Waals surface area (Å²) in [5.74, 6) is -1.10. The number of carbonyl (C=O) groups is 1. The van der Waals surface area contributed by atoms with E-state index in [-0.39, 0.29) is 24.4 Å². The molecule has 230 valence electrons. The maximum absolute atomic E-state index is 14.6. The van der Waals surface area contributed by atoms with Gasteiger partial charge in [0.05, 0.1) is 40.9 Å². The normalized spacial score (nSPS) is 15.3. The number of likely N-dealkylation sites (tertiary alicyclic amines) is 1. The van der Waals surface area contributed by atoms with Gasteiger partial charge in [-0.2, -0.15) is 5.10 Å². The first-order valence-corrected chi connectivity index (χ1v) is 14.4. The smallest absolute Gasteiger partial charge is 0.410 e. The van der Waals surface area contributed by atoms with Crippen molar-refractivity contribution in [2.24, 2.45) is 0 Å². The summed E-state index contributed by atoms with van der Waals surface area (Å²) in [6.07, 6.45) is 5.41. The second-order valence-electron chi connectivity index (χ2n) is 11.9. The van der Waals surface area contributed by atoms with E-state index in [1.807, 2.05) is 32.4 Å². The van der Waals surface area contributed by atoms with E-state index in [2.05, 4.69) is 20.4 Å². The summed E-state index contributed by atoms with van der Waals surface area (Å²) >= 11 is 6.46. The third-order valence-corrected chi connectivity index (χ3v) is 7.64. The van der Waals surface area contributed by atoms with Gasteiger partial charge in [0.2, 0.25) is 0 Å². The van der Waals surface area contributed by atoms with Gasteiger partial charge in [0.1, 0.15) is 40.8 Å². The summed E-state index contributed by atoms with van der Waals surface area (Å²) in [6, 6.07) is 2.06. The van der Waals surface area contributed by atoms with Gasteiger partial charge in [-0.25, -0.2) is 22.8 Å². The fourth-order valence-electron chi connectivity index (χ4n) is 5.17. The van der Waals surface area contributed by atoms with Crippen molar-refractivity contribution < 1.29 is 23.0 Å². The number of hydrogen-bond acceptors (Lipinski definition) is 8. The first-order valence-electron chi connectivity index (χ1n) is 14.0. The number of piperidine rings is 1. The van der Waals surface area contributed by atoms with Crippen LogP contribution in [0.5, 0.6) is 5.75 Å². The van der Waals surface area contributed by atoms with Gasteiger partial charge in [-0.3, -0.25) is 9.88 Å². The lowest BCUT2D eigenvalue weighted by atomic mass is 10.0. The summed E-state index contributed by atoms with van der Waals surface area (Å²) in [4.78, 5) is 19.9. The molecule has 5 rings (SSSR count). The summed E-state index contributed by atoms with van der Waals surface area (Å²) in [5.41, 5.74) is 2.25. The van der Waals surface area contributed by atoms with Crippen LogP contribution in [-0.2, 0) is 4.74 Å². The van der Waals surface area contributed by atoms with E-state index in [1.165, 1.54) is 6.20 Å². The Morgan fingerprint density at radius 2 is 1.91 bits per heavy atom. The Kier molecular flexibility index (Phi) is 8.57. The van der Waals surface area contributed by atoms with Gasteiger partial charge in [-0.15, -0.1) is 5.10 Å². The van der Waals surface area contributed by atoms with Gasteiger partial charge < -0.3 is 14.4 Å². The lowest BCUT2D eigenvalue weighted by Gasteiger charge is -2.33. The molecular formula is C29H35ClF2N8O3. The number of halogens is 3. The SMILES string of the molecule is Cc1c(-c2cc(OCC(c3ncc(F)cc3F)N(C)C)c3c(Cl)cnn3c2)nnn1C1CCN(C(=O)OC(C)(C)C)CC1. The van der Waals surface area contributed by atoms with Crippen molar-refractivity contribution in [3.63, 3.8) is 0 Å². The van der Waals surface area contributed by atoms with Gasteiger partial charge in [-0.1, -0.05) is 16.8 Å². The molecule has 1 atom stereocenters. The number of amides is 1. The number of ether oxygens (including phenoxy) is 2. The molecular weight excluding hydrogens is 582 g/mol. The predicted molar refractivity (Wildman–Crippen MR) is 156 cm³/mol. The van der Waals surface area contributed by atoms with Crippen LogP contribution in [0.2, 0.25) is 5.02 Å². The van der Waals surface area contributed by atoms with Gasteiger partial charge in [0, 0.05) is 30.9 Å². The zero-order valence-corrected chi connectivity index (χ0v) is 25.8. The number of fused-ring (bicyclic) bond motifs is 1. The predicted octanol–water partition coefficient (Wildman–Crippen LogP) is 5.48. The summed E-state index contributed by atoms with van der Waals surface area (Å²) < 4.78 is 43.3. The van der Waals surface area contributed by atoms with Crippen molar-refractivity contribution in [1.82, 2.24) is 39.4 Å². The van der Waals surface area contributed by atoms with Gasteiger partial charge in [-0.05, 0) is 60.7 Å². The van der Waals surface area contributed by atoms with Crippen LogP contribution < -0.4 is 4.74 Å². The van der Waals surface area contributed by atoms with Crippen molar-refractivity contribution in [3.05, 3.63) is 58.8 Å². The van der Waals surface area contributed by atoms with Crippen LogP contribution in [0.4, 0.5) is 13.6 Å². The van der Waals surface area contributed by atoms with Crippen LogP contribution in [0.3, 0.4) is 0 Å². The summed E-state index contributed by atoms with van der Waals surface area (Å²) in [6.45, 7) is 8.62. The van der Waals surface area contributed by atoms with Crippen LogP contribution in [-0.4, -0.2) is 84.9 Å². The molecule has 43 heavy (non-hydrogen) atoms. The molecule has 1 aliphatic heterocycles. The second kappa shape index (κ2) is 12.0. The lowest BCUT2D eigenvalue weighted by molar-refractivity contribution is 0.0183. The number of hydrogen-bond donors (Lipinski definition) is 0. The van der Waals surface area contributed by atoms with Crippen molar-refractivity contribution in [2.75, 3.05) is 33.8 Å². The standard InChI is InChI=1S/C29H35ClF2N8O3/c1-17-25(35-36-40(17)20-7-9-38(10-8-20)28(41)43-29(2,3)4)18-11-24(27-21(30)14-34-39(27)15-18)42-16-23(37(5)6)26-22(32)12-19(31)13-33-26/h11-15,20,23H,7-10,16H2,1-6H3. The van der Waals surface area contributed by atoms with E-state index >= 15 is 0 Å². The van der Waals surface area contributed by atoms with Gasteiger partial charge in [0.25, 0.3) is 0 Å². The van der Waals surface area contributed by atoms with E-state index in [0.29, 0.717) is 53.5 Å². The minimum absolute atomic E-state index is 0.00503. The van der Waals surface area contributed by atoms with Crippen molar-refractivity contribution in [2.45, 2.75) is 58.2 Å². The topological polar surface area (TPSA) is 103 Å². The quantitative estimate of drug-likeness (QED) is 0.269. The van der Waals surface area contributed by atoms with E-state index in [4.69, 9.17) is 21.1 Å². The van der Waals surface area contributed by atoms with Gasteiger partial charge in [0.15, 0.2) is 0 Å². The first kappa shape index (κ1) is 30.6. The van der Waals surface area contributed by atoms with Crippen LogP contribution in [0.15, 0.2) is 30.7 Å². The minimum Gasteiger partial charge on any atom is -0.489 e. The molecule has 4 aromatic rings. The molecule has 0 saturated carbocycles. The summed E-state index contributed by atoms with van der Waals surface area (Å²) in [5, 5.41) is 13.7. The number of likely N-dealkylation sites (N-methyl/N-ethyl adjacent to an activating group) is 1. The number of nitrogens with zero attached hydrogens (tertiary/aromatic N) is 8. The molecule has 1 amide bonds. The zero-order valence-electron chi connectivity index (χ0n) is 25.0. The zero-order chi connectivity index (χ0) is 31.1. The molecule has 11 nitrogen and oxygen atoms in total. The molecule has 14 heteroatoms. The van der Waals surface area contributed by atoms with E-state index in [0.717, 1.165) is 18.0 Å².